The van der Waals surface area contributed by atoms with Crippen LogP contribution < -0.4 is 0 Å². The predicted molar refractivity (Wildman–Crippen MR) is 93.2 cm³/mol. The molecule has 1 N–H and O–H groups in total. The molecular weight excluding hydrogens is 282 g/mol. The van der Waals surface area contributed by atoms with Gasteiger partial charge in [0.05, 0.1) is 6.10 Å². The zero-order valence-electron chi connectivity index (χ0n) is 13.7. The van der Waals surface area contributed by atoms with Gasteiger partial charge in [-0.1, -0.05) is 54.6 Å². The second-order valence-electron chi connectivity index (χ2n) is 7.05. The van der Waals surface area contributed by atoms with E-state index in [0.29, 0.717) is 18.0 Å². The van der Waals surface area contributed by atoms with Gasteiger partial charge in [-0.2, -0.15) is 0 Å². The van der Waals surface area contributed by atoms with Crippen LogP contribution in [0, 0.1) is 5.92 Å². The third-order valence-electron chi connectivity index (χ3n) is 5.86. The third-order valence-corrected chi connectivity index (χ3v) is 5.86. The summed E-state index contributed by atoms with van der Waals surface area (Å²) in [6, 6.07) is 20.1. The lowest BCUT2D eigenvalue weighted by molar-refractivity contribution is -0.0229. The summed E-state index contributed by atoms with van der Waals surface area (Å²) in [6.07, 6.45) is 3.07. The van der Waals surface area contributed by atoms with E-state index in [-0.39, 0.29) is 6.10 Å². The number of aliphatic hydroxyl groups excluding tert-OH is 1. The molecule has 2 nitrogen and oxygen atoms in total. The van der Waals surface area contributed by atoms with Gasteiger partial charge in [-0.15, -0.1) is 0 Å². The average molecular weight is 307 g/mol. The second kappa shape index (κ2) is 6.10. The number of fused-ring (bicyclic) bond motifs is 2. The van der Waals surface area contributed by atoms with Crippen molar-refractivity contribution in [2.24, 2.45) is 5.92 Å². The summed E-state index contributed by atoms with van der Waals surface area (Å²) >= 11 is 0. The molecule has 0 bridgehead atoms. The summed E-state index contributed by atoms with van der Waals surface area (Å²) in [6.45, 7) is 3.44. The zero-order chi connectivity index (χ0) is 15.8. The van der Waals surface area contributed by atoms with E-state index >= 15 is 0 Å². The van der Waals surface area contributed by atoms with E-state index in [9.17, 15) is 5.11 Å². The monoisotopic (exact) mass is 307 g/mol. The van der Waals surface area contributed by atoms with Crippen LogP contribution in [0.4, 0.5) is 0 Å². The molecular formula is C21H25NO. The van der Waals surface area contributed by atoms with Gasteiger partial charge in [-0.3, -0.25) is 4.90 Å². The maximum absolute atomic E-state index is 10.9. The highest BCUT2D eigenvalue weighted by molar-refractivity contribution is 5.34. The molecule has 2 heteroatoms. The van der Waals surface area contributed by atoms with Gasteiger partial charge in [0.15, 0.2) is 0 Å². The lowest BCUT2D eigenvalue weighted by Gasteiger charge is -2.49. The molecule has 2 aromatic carbocycles. The molecule has 1 saturated heterocycles. The van der Waals surface area contributed by atoms with Crippen molar-refractivity contribution < 1.29 is 5.11 Å². The van der Waals surface area contributed by atoms with Gasteiger partial charge in [0, 0.05) is 18.0 Å². The molecule has 1 heterocycles. The molecule has 2 aromatic rings. The van der Waals surface area contributed by atoms with Crippen LogP contribution in [0.3, 0.4) is 0 Å². The summed E-state index contributed by atoms with van der Waals surface area (Å²) in [5, 5.41) is 10.9. The van der Waals surface area contributed by atoms with Gasteiger partial charge in [0.25, 0.3) is 0 Å². The molecule has 1 aliphatic carbocycles. The molecule has 1 aliphatic heterocycles. The molecule has 4 rings (SSSR count). The van der Waals surface area contributed by atoms with Crippen molar-refractivity contribution in [2.45, 2.75) is 44.4 Å². The zero-order valence-corrected chi connectivity index (χ0v) is 13.7. The van der Waals surface area contributed by atoms with E-state index in [1.165, 1.54) is 17.5 Å². The molecule has 0 amide bonds. The van der Waals surface area contributed by atoms with Crippen molar-refractivity contribution in [1.29, 1.82) is 0 Å². The minimum absolute atomic E-state index is 0.310. The van der Waals surface area contributed by atoms with E-state index in [4.69, 9.17) is 0 Å². The molecule has 4 atom stereocenters. The Kier molecular flexibility index (Phi) is 3.96. The minimum atomic E-state index is -0.310. The van der Waals surface area contributed by atoms with Gasteiger partial charge >= 0.3 is 0 Å². The number of hydrogen-bond acceptors (Lipinski definition) is 2. The summed E-state index contributed by atoms with van der Waals surface area (Å²) in [5.74, 6) is 0.366. The highest BCUT2D eigenvalue weighted by Gasteiger charge is 2.42. The lowest BCUT2D eigenvalue weighted by Crippen LogP contribution is -2.51. The molecule has 0 saturated carbocycles. The van der Waals surface area contributed by atoms with E-state index in [1.807, 2.05) is 0 Å². The van der Waals surface area contributed by atoms with E-state index in [1.54, 1.807) is 0 Å². The largest absolute Gasteiger partial charge is 0.388 e. The van der Waals surface area contributed by atoms with Crippen LogP contribution in [0.25, 0.3) is 0 Å². The fourth-order valence-electron chi connectivity index (χ4n) is 4.62. The minimum Gasteiger partial charge on any atom is -0.388 e. The van der Waals surface area contributed by atoms with Crippen molar-refractivity contribution in [3.8, 4) is 0 Å². The Morgan fingerprint density at radius 3 is 2.61 bits per heavy atom. The Hall–Kier alpha value is -1.64. The van der Waals surface area contributed by atoms with E-state index in [2.05, 4.69) is 66.4 Å². The standard InChI is InChI=1S/C21H25NO/c1-15(16-8-3-2-4-9-16)22-13-7-12-19-20(22)14-17-10-5-6-11-18(17)21(19)23/h2-6,8-11,15,19-21,23H,7,12-14H2,1H3/t15-,19+,20-,21+/m1/s1. The highest BCUT2D eigenvalue weighted by atomic mass is 16.3. The Balaban J connectivity index is 1.66. The van der Waals surface area contributed by atoms with Crippen LogP contribution in [-0.4, -0.2) is 22.6 Å². The number of nitrogens with zero attached hydrogens (tertiary/aromatic N) is 1. The van der Waals surface area contributed by atoms with Crippen molar-refractivity contribution >= 4 is 0 Å². The maximum Gasteiger partial charge on any atom is 0.0835 e. The number of likely N-dealkylation sites (tertiary alicyclic amines) is 1. The number of benzene rings is 2. The Bertz CT molecular complexity index is 669. The van der Waals surface area contributed by atoms with Crippen LogP contribution in [0.2, 0.25) is 0 Å². The van der Waals surface area contributed by atoms with Crippen molar-refractivity contribution in [3.05, 3.63) is 71.3 Å². The van der Waals surface area contributed by atoms with Crippen LogP contribution in [0.5, 0.6) is 0 Å². The smallest absolute Gasteiger partial charge is 0.0835 e. The predicted octanol–water partition coefficient (Wildman–Crippen LogP) is 4.12. The van der Waals surface area contributed by atoms with Gasteiger partial charge in [-0.25, -0.2) is 0 Å². The average Bonchev–Trinajstić information content (AvgIpc) is 2.62. The number of rotatable bonds is 2. The summed E-state index contributed by atoms with van der Waals surface area (Å²) in [5.41, 5.74) is 3.86. The van der Waals surface area contributed by atoms with Crippen molar-refractivity contribution in [1.82, 2.24) is 4.90 Å². The first-order valence-corrected chi connectivity index (χ1v) is 8.82. The highest BCUT2D eigenvalue weighted by Crippen LogP contribution is 2.43. The van der Waals surface area contributed by atoms with Gasteiger partial charge in [-0.05, 0) is 49.4 Å². The van der Waals surface area contributed by atoms with Gasteiger partial charge < -0.3 is 5.11 Å². The molecule has 1 fully saturated rings. The topological polar surface area (TPSA) is 23.5 Å². The normalized spacial score (nSPS) is 28.7. The Morgan fingerprint density at radius 1 is 1.04 bits per heavy atom. The van der Waals surface area contributed by atoms with Gasteiger partial charge in [0.1, 0.15) is 0 Å². The summed E-state index contributed by atoms with van der Waals surface area (Å²) in [4.78, 5) is 2.63. The fraction of sp³-hybridized carbons (Fsp3) is 0.429. The molecule has 23 heavy (non-hydrogen) atoms. The third kappa shape index (κ3) is 2.60. The van der Waals surface area contributed by atoms with Crippen LogP contribution in [0.15, 0.2) is 54.6 Å². The Labute approximate surface area is 138 Å². The van der Waals surface area contributed by atoms with Crippen LogP contribution in [0.1, 0.15) is 48.6 Å². The first-order chi connectivity index (χ1) is 11.3. The van der Waals surface area contributed by atoms with Crippen molar-refractivity contribution in [3.63, 3.8) is 0 Å². The second-order valence-corrected chi connectivity index (χ2v) is 7.05. The first kappa shape index (κ1) is 14.9. The number of aliphatic hydroxyl groups is 1. The SMILES string of the molecule is C[C@H](c1ccccc1)N1CCC[C@H]2[C@H]1Cc1ccccc1[C@@H]2O. The number of hydrogen-bond donors (Lipinski definition) is 1. The molecule has 120 valence electrons. The maximum atomic E-state index is 10.9. The van der Waals surface area contributed by atoms with Gasteiger partial charge in [0.2, 0.25) is 0 Å². The van der Waals surface area contributed by atoms with Crippen LogP contribution >= 0.6 is 0 Å². The van der Waals surface area contributed by atoms with Crippen molar-refractivity contribution in [2.75, 3.05) is 6.54 Å². The summed E-state index contributed by atoms with van der Waals surface area (Å²) in [7, 11) is 0. The molecule has 0 spiro atoms. The Morgan fingerprint density at radius 2 is 1.78 bits per heavy atom. The summed E-state index contributed by atoms with van der Waals surface area (Å²) < 4.78 is 0. The number of piperidine rings is 1. The quantitative estimate of drug-likeness (QED) is 0.902. The van der Waals surface area contributed by atoms with Crippen LogP contribution in [-0.2, 0) is 6.42 Å². The fourth-order valence-corrected chi connectivity index (χ4v) is 4.62. The van der Waals surface area contributed by atoms with E-state index < -0.39 is 0 Å². The molecule has 2 aliphatic rings. The first-order valence-electron chi connectivity index (χ1n) is 8.82. The molecule has 0 unspecified atom stereocenters. The lowest BCUT2D eigenvalue weighted by atomic mass is 9.73. The molecule has 0 aromatic heterocycles. The molecule has 0 radical (unpaired) electrons. The van der Waals surface area contributed by atoms with E-state index in [0.717, 1.165) is 24.9 Å².